The van der Waals surface area contributed by atoms with Gasteiger partial charge in [-0.1, -0.05) is 18.2 Å². The summed E-state index contributed by atoms with van der Waals surface area (Å²) in [5.74, 6) is 0.307. The third-order valence-corrected chi connectivity index (χ3v) is 5.27. The molecule has 0 saturated heterocycles. The number of carbonyl (C=O) groups excluding carboxylic acids is 2. The van der Waals surface area contributed by atoms with E-state index in [0.717, 1.165) is 5.56 Å². The smallest absolute Gasteiger partial charge is 0.249 e. The highest BCUT2D eigenvalue weighted by molar-refractivity contribution is 9.10. The lowest BCUT2D eigenvalue weighted by molar-refractivity contribution is -0.126. The minimum atomic E-state index is -0.542. The number of anilines is 1. The summed E-state index contributed by atoms with van der Waals surface area (Å²) < 4.78 is 11.9. The molecular formula is C26H23BrN4O4. The summed E-state index contributed by atoms with van der Waals surface area (Å²) in [6.07, 6.45) is 1.09. The van der Waals surface area contributed by atoms with Crippen molar-refractivity contribution >= 4 is 39.6 Å². The van der Waals surface area contributed by atoms with Crippen molar-refractivity contribution in [1.82, 2.24) is 5.43 Å². The van der Waals surface area contributed by atoms with Gasteiger partial charge in [0.1, 0.15) is 24.5 Å². The molecular weight excluding hydrogens is 512 g/mol. The van der Waals surface area contributed by atoms with E-state index >= 15 is 0 Å². The molecule has 0 aliphatic carbocycles. The van der Waals surface area contributed by atoms with Gasteiger partial charge in [-0.05, 0) is 76.9 Å². The Morgan fingerprint density at radius 3 is 2.54 bits per heavy atom. The van der Waals surface area contributed by atoms with Gasteiger partial charge in [0.25, 0.3) is 0 Å². The first-order chi connectivity index (χ1) is 17.0. The zero-order valence-electron chi connectivity index (χ0n) is 19.0. The first-order valence-electron chi connectivity index (χ1n) is 10.7. The van der Waals surface area contributed by atoms with Gasteiger partial charge in [0.15, 0.2) is 0 Å². The average Bonchev–Trinajstić information content (AvgIpc) is 2.85. The van der Waals surface area contributed by atoms with Gasteiger partial charge < -0.3 is 14.8 Å². The van der Waals surface area contributed by atoms with E-state index in [2.05, 4.69) is 37.8 Å². The number of hydrazone groups is 1. The Kier molecular flexibility index (Phi) is 9.39. The Bertz CT molecular complexity index is 1250. The van der Waals surface area contributed by atoms with E-state index in [1.807, 2.05) is 19.1 Å². The van der Waals surface area contributed by atoms with Crippen LogP contribution in [0.1, 0.15) is 30.0 Å². The second-order valence-electron chi connectivity index (χ2n) is 7.22. The van der Waals surface area contributed by atoms with Crippen molar-refractivity contribution in [3.8, 4) is 17.6 Å². The second kappa shape index (κ2) is 12.9. The number of amides is 2. The average molecular weight is 535 g/mol. The lowest BCUT2D eigenvalue weighted by Crippen LogP contribution is -2.24. The molecule has 3 rings (SSSR count). The fourth-order valence-electron chi connectivity index (χ4n) is 3.00. The fraction of sp³-hybridized carbons (Fsp3) is 0.154. The van der Waals surface area contributed by atoms with Crippen molar-refractivity contribution in [2.45, 2.75) is 20.0 Å². The minimum absolute atomic E-state index is 0.255. The number of halogens is 1. The molecule has 0 aromatic heterocycles. The molecule has 0 radical (unpaired) electrons. The third-order valence-electron chi connectivity index (χ3n) is 4.65. The number of nitriles is 1. The van der Waals surface area contributed by atoms with E-state index in [9.17, 15) is 14.9 Å². The molecule has 3 aromatic carbocycles. The van der Waals surface area contributed by atoms with E-state index in [-0.39, 0.29) is 13.0 Å². The highest BCUT2D eigenvalue weighted by atomic mass is 79.9. The zero-order valence-corrected chi connectivity index (χ0v) is 20.5. The number of nitrogens with one attached hydrogen (secondary N) is 2. The number of benzene rings is 3. The largest absolute Gasteiger partial charge is 0.494 e. The maximum Gasteiger partial charge on any atom is 0.249 e. The van der Waals surface area contributed by atoms with Gasteiger partial charge in [-0.3, -0.25) is 9.59 Å². The molecule has 2 amide bonds. The molecule has 35 heavy (non-hydrogen) atoms. The van der Waals surface area contributed by atoms with Gasteiger partial charge in [0, 0.05) is 11.3 Å². The summed E-state index contributed by atoms with van der Waals surface area (Å²) in [4.78, 5) is 24.1. The molecule has 178 valence electrons. The quantitative estimate of drug-likeness (QED) is 0.221. The van der Waals surface area contributed by atoms with E-state index < -0.39 is 11.8 Å². The monoisotopic (exact) mass is 534 g/mol. The van der Waals surface area contributed by atoms with E-state index in [0.29, 0.717) is 39.4 Å². The van der Waals surface area contributed by atoms with E-state index in [1.165, 1.54) is 6.21 Å². The van der Waals surface area contributed by atoms with Crippen LogP contribution in [0.4, 0.5) is 5.69 Å². The minimum Gasteiger partial charge on any atom is -0.494 e. The number of ether oxygens (including phenoxy) is 2. The third kappa shape index (κ3) is 7.98. The molecule has 0 aliphatic heterocycles. The lowest BCUT2D eigenvalue weighted by atomic mass is 10.1. The molecule has 0 atom stereocenters. The standard InChI is InChI=1S/C26H23BrN4O4/c1-2-34-22-10-8-21(9-11-22)30-25(32)14-26(33)31-29-16-18-7-12-24(23(27)13-18)35-17-20-6-4-3-5-19(20)15-28/h3-13,16H,2,14,17H2,1H3,(H,30,32)(H,31,33). The van der Waals surface area contributed by atoms with Crippen LogP contribution >= 0.6 is 15.9 Å². The van der Waals surface area contributed by atoms with Gasteiger partial charge >= 0.3 is 0 Å². The van der Waals surface area contributed by atoms with Crippen LogP contribution in [0.5, 0.6) is 11.5 Å². The molecule has 0 fully saturated rings. The van der Waals surface area contributed by atoms with Crippen molar-refractivity contribution in [3.63, 3.8) is 0 Å². The van der Waals surface area contributed by atoms with E-state index in [4.69, 9.17) is 9.47 Å². The molecule has 0 saturated carbocycles. The van der Waals surface area contributed by atoms with Crippen molar-refractivity contribution in [1.29, 1.82) is 5.26 Å². The highest BCUT2D eigenvalue weighted by Gasteiger charge is 2.09. The highest BCUT2D eigenvalue weighted by Crippen LogP contribution is 2.26. The number of nitrogens with zero attached hydrogens (tertiary/aromatic N) is 2. The predicted octanol–water partition coefficient (Wildman–Crippen LogP) is 4.78. The fourth-order valence-corrected chi connectivity index (χ4v) is 3.51. The molecule has 9 heteroatoms. The Morgan fingerprint density at radius 1 is 1.06 bits per heavy atom. The van der Waals surface area contributed by atoms with Gasteiger partial charge in [0.2, 0.25) is 11.8 Å². The van der Waals surface area contributed by atoms with Crippen LogP contribution in [0.2, 0.25) is 0 Å². The van der Waals surface area contributed by atoms with Gasteiger partial charge in [-0.15, -0.1) is 0 Å². The summed E-state index contributed by atoms with van der Waals surface area (Å²) in [6.45, 7) is 2.70. The second-order valence-corrected chi connectivity index (χ2v) is 8.08. The van der Waals surface area contributed by atoms with Crippen LogP contribution in [0.15, 0.2) is 76.3 Å². The molecule has 0 heterocycles. The SMILES string of the molecule is CCOc1ccc(NC(=O)CC(=O)NN=Cc2ccc(OCc3ccccc3C#N)c(Br)c2)cc1. The summed E-state index contributed by atoms with van der Waals surface area (Å²) in [6, 6.07) is 21.6. The van der Waals surface area contributed by atoms with Gasteiger partial charge in [-0.2, -0.15) is 10.4 Å². The molecule has 2 N–H and O–H groups in total. The van der Waals surface area contributed by atoms with Gasteiger partial charge in [0.05, 0.1) is 28.9 Å². The van der Waals surface area contributed by atoms with Crippen LogP contribution in [0.25, 0.3) is 0 Å². The molecule has 3 aromatic rings. The maximum absolute atomic E-state index is 12.1. The van der Waals surface area contributed by atoms with Crippen molar-refractivity contribution in [2.24, 2.45) is 5.10 Å². The van der Waals surface area contributed by atoms with Crippen molar-refractivity contribution < 1.29 is 19.1 Å². The molecule has 0 aliphatic rings. The lowest BCUT2D eigenvalue weighted by Gasteiger charge is -2.10. The summed E-state index contributed by atoms with van der Waals surface area (Å²) in [5, 5.41) is 15.7. The van der Waals surface area contributed by atoms with Crippen molar-refractivity contribution in [3.05, 3.63) is 87.9 Å². The first kappa shape index (κ1) is 25.5. The number of hydrogen-bond acceptors (Lipinski definition) is 6. The molecule has 0 bridgehead atoms. The van der Waals surface area contributed by atoms with Gasteiger partial charge in [-0.25, -0.2) is 5.43 Å². The molecule has 8 nitrogen and oxygen atoms in total. The molecule has 0 unspecified atom stereocenters. The van der Waals surface area contributed by atoms with Crippen LogP contribution in [0, 0.1) is 11.3 Å². The Labute approximate surface area is 211 Å². The topological polar surface area (TPSA) is 113 Å². The van der Waals surface area contributed by atoms with Crippen molar-refractivity contribution in [2.75, 3.05) is 11.9 Å². The van der Waals surface area contributed by atoms with Crippen LogP contribution in [0.3, 0.4) is 0 Å². The zero-order chi connectivity index (χ0) is 25.0. The van der Waals surface area contributed by atoms with Crippen LogP contribution in [-0.2, 0) is 16.2 Å². The summed E-state index contributed by atoms with van der Waals surface area (Å²) in [7, 11) is 0. The maximum atomic E-state index is 12.1. The van der Waals surface area contributed by atoms with Crippen LogP contribution in [-0.4, -0.2) is 24.6 Å². The Balaban J connectivity index is 1.47. The number of rotatable bonds is 10. The Morgan fingerprint density at radius 2 is 1.83 bits per heavy atom. The van der Waals surface area contributed by atoms with E-state index in [1.54, 1.807) is 54.6 Å². The summed E-state index contributed by atoms with van der Waals surface area (Å²) in [5.41, 5.74) is 4.98. The summed E-state index contributed by atoms with van der Waals surface area (Å²) >= 11 is 3.45. The first-order valence-corrected chi connectivity index (χ1v) is 11.5. The normalized spacial score (nSPS) is 10.4. The number of carbonyl (C=O) groups is 2. The number of hydrogen-bond donors (Lipinski definition) is 2. The van der Waals surface area contributed by atoms with Crippen LogP contribution < -0.4 is 20.2 Å². The molecule has 0 spiro atoms. The predicted molar refractivity (Wildman–Crippen MR) is 136 cm³/mol. The Hall–Kier alpha value is -4.16.